The fraction of sp³-hybridized carbons (Fsp3) is 0. The molecule has 0 atom stereocenters. The smallest absolute Gasteiger partial charge is 0.372 e. The number of imidazole rings is 1. The lowest BCUT2D eigenvalue weighted by atomic mass is 10.4. The Labute approximate surface area is 83.7 Å². The minimum absolute atomic E-state index is 0.134. The van der Waals surface area contributed by atoms with Crippen LogP contribution in [0.3, 0.4) is 0 Å². The van der Waals surface area contributed by atoms with Crippen LogP contribution in [0.5, 0.6) is 0 Å². The molecule has 0 aliphatic rings. The molecule has 2 rings (SSSR count). The summed E-state index contributed by atoms with van der Waals surface area (Å²) >= 11 is 5.74. The van der Waals surface area contributed by atoms with E-state index in [0.29, 0.717) is 11.3 Å². The zero-order valence-corrected chi connectivity index (χ0v) is 7.69. The third-order valence-corrected chi connectivity index (χ3v) is 2.12. The number of pyridine rings is 1. The second-order valence-electron chi connectivity index (χ2n) is 2.70. The highest BCUT2D eigenvalue weighted by molar-refractivity contribution is 6.33. The van der Waals surface area contributed by atoms with Gasteiger partial charge in [0.2, 0.25) is 5.82 Å². The van der Waals surface area contributed by atoms with E-state index < -0.39 is 5.97 Å². The van der Waals surface area contributed by atoms with Crippen LogP contribution in [-0.4, -0.2) is 20.5 Å². The molecule has 0 aliphatic carbocycles. The second kappa shape index (κ2) is 2.88. The molecule has 0 aromatic carbocycles. The number of nitrogen functional groups attached to an aromatic ring is 1. The number of hydrogen-bond donors (Lipinski definition) is 2. The Bertz CT molecular complexity index is 521. The second-order valence-corrected chi connectivity index (χ2v) is 3.06. The maximum atomic E-state index is 10.8. The van der Waals surface area contributed by atoms with Gasteiger partial charge in [0.05, 0.1) is 5.52 Å². The molecule has 6 heteroatoms. The van der Waals surface area contributed by atoms with Gasteiger partial charge in [-0.2, -0.15) is 0 Å². The van der Waals surface area contributed by atoms with Crippen molar-refractivity contribution in [1.29, 1.82) is 0 Å². The quantitative estimate of drug-likeness (QED) is 0.744. The number of carboxylic acids is 1. The number of nitrogens with zero attached hydrogens (tertiary/aromatic N) is 2. The van der Waals surface area contributed by atoms with Crippen LogP contribution >= 0.6 is 11.6 Å². The van der Waals surface area contributed by atoms with Crippen molar-refractivity contribution in [2.75, 3.05) is 5.73 Å². The Kier molecular flexibility index (Phi) is 1.82. The van der Waals surface area contributed by atoms with Gasteiger partial charge in [0.15, 0.2) is 5.15 Å². The van der Waals surface area contributed by atoms with E-state index in [1.54, 1.807) is 18.2 Å². The fourth-order valence-electron chi connectivity index (χ4n) is 1.27. The van der Waals surface area contributed by atoms with Gasteiger partial charge in [0.25, 0.3) is 0 Å². The number of fused-ring (bicyclic) bond motifs is 1. The van der Waals surface area contributed by atoms with E-state index in [9.17, 15) is 4.79 Å². The molecule has 0 aliphatic heterocycles. The molecular formula is C8H6ClN3O2. The lowest BCUT2D eigenvalue weighted by Crippen LogP contribution is -2.06. The largest absolute Gasteiger partial charge is 0.475 e. The molecular weight excluding hydrogens is 206 g/mol. The first kappa shape index (κ1) is 8.83. The number of carboxylic acid groups (broad SMARTS) is 1. The first-order valence-electron chi connectivity index (χ1n) is 3.77. The third-order valence-electron chi connectivity index (χ3n) is 1.84. The lowest BCUT2D eigenvalue weighted by molar-refractivity contribution is 0.0683. The Morgan fingerprint density at radius 1 is 1.57 bits per heavy atom. The Balaban J connectivity index is 2.93. The zero-order valence-electron chi connectivity index (χ0n) is 6.94. The van der Waals surface area contributed by atoms with Gasteiger partial charge in [-0.25, -0.2) is 9.78 Å². The molecule has 0 fully saturated rings. The molecule has 0 amide bonds. The standard InChI is InChI=1S/C8H6ClN3O2/c9-6-4-2-1-3-5(10)12(4)7(11-6)8(13)14/h1-3H,10H2,(H,13,14). The highest BCUT2D eigenvalue weighted by Gasteiger charge is 2.16. The normalized spacial score (nSPS) is 10.6. The van der Waals surface area contributed by atoms with Crippen LogP contribution in [0.15, 0.2) is 18.2 Å². The van der Waals surface area contributed by atoms with Crippen LogP contribution in [-0.2, 0) is 0 Å². The molecule has 72 valence electrons. The first-order chi connectivity index (χ1) is 6.61. The minimum Gasteiger partial charge on any atom is -0.475 e. The van der Waals surface area contributed by atoms with Gasteiger partial charge >= 0.3 is 5.97 Å². The zero-order chi connectivity index (χ0) is 10.3. The summed E-state index contributed by atoms with van der Waals surface area (Å²) in [4.78, 5) is 14.5. The highest BCUT2D eigenvalue weighted by Crippen LogP contribution is 2.21. The number of anilines is 1. The van der Waals surface area contributed by atoms with Crippen LogP contribution in [0.2, 0.25) is 5.15 Å². The molecule has 0 spiro atoms. The van der Waals surface area contributed by atoms with E-state index in [1.807, 2.05) is 0 Å². The molecule has 0 saturated heterocycles. The molecule has 14 heavy (non-hydrogen) atoms. The monoisotopic (exact) mass is 211 g/mol. The van der Waals surface area contributed by atoms with Crippen LogP contribution in [0.4, 0.5) is 5.82 Å². The van der Waals surface area contributed by atoms with Crippen molar-refractivity contribution in [1.82, 2.24) is 9.38 Å². The average molecular weight is 212 g/mol. The predicted molar refractivity (Wildman–Crippen MR) is 51.6 cm³/mol. The first-order valence-corrected chi connectivity index (χ1v) is 4.15. The number of aromatic carboxylic acids is 1. The average Bonchev–Trinajstić information content (AvgIpc) is 2.46. The van der Waals surface area contributed by atoms with E-state index in [0.717, 1.165) is 0 Å². The van der Waals surface area contributed by atoms with Crippen LogP contribution < -0.4 is 5.73 Å². The minimum atomic E-state index is -1.16. The Morgan fingerprint density at radius 3 is 2.93 bits per heavy atom. The topological polar surface area (TPSA) is 80.6 Å². The van der Waals surface area contributed by atoms with E-state index in [-0.39, 0.29) is 11.0 Å². The molecule has 0 saturated carbocycles. The number of hydrogen-bond acceptors (Lipinski definition) is 3. The maximum absolute atomic E-state index is 10.8. The SMILES string of the molecule is Nc1cccc2c(Cl)nc(C(=O)O)n12. The van der Waals surface area contributed by atoms with Gasteiger partial charge in [0.1, 0.15) is 5.82 Å². The summed E-state index contributed by atoms with van der Waals surface area (Å²) in [6, 6.07) is 4.92. The summed E-state index contributed by atoms with van der Waals surface area (Å²) in [5.41, 5.74) is 6.10. The molecule has 3 N–H and O–H groups in total. The van der Waals surface area contributed by atoms with Crippen molar-refractivity contribution in [2.24, 2.45) is 0 Å². The van der Waals surface area contributed by atoms with Gasteiger partial charge in [-0.3, -0.25) is 4.40 Å². The van der Waals surface area contributed by atoms with E-state index in [2.05, 4.69) is 4.98 Å². The number of aromatic nitrogens is 2. The van der Waals surface area contributed by atoms with Crippen molar-refractivity contribution in [3.05, 3.63) is 29.2 Å². The molecule has 0 bridgehead atoms. The fourth-order valence-corrected chi connectivity index (χ4v) is 1.49. The summed E-state index contributed by atoms with van der Waals surface area (Å²) in [5, 5.41) is 8.96. The lowest BCUT2D eigenvalue weighted by Gasteiger charge is -2.00. The van der Waals surface area contributed by atoms with Gasteiger partial charge in [-0.1, -0.05) is 17.7 Å². The molecule has 2 aromatic heterocycles. The van der Waals surface area contributed by atoms with Crippen molar-refractivity contribution in [2.45, 2.75) is 0 Å². The highest BCUT2D eigenvalue weighted by atomic mass is 35.5. The van der Waals surface area contributed by atoms with Crippen LogP contribution in [0.25, 0.3) is 5.52 Å². The van der Waals surface area contributed by atoms with Crippen molar-refractivity contribution >= 4 is 28.9 Å². The van der Waals surface area contributed by atoms with Gasteiger partial charge in [-0.05, 0) is 12.1 Å². The Morgan fingerprint density at radius 2 is 2.29 bits per heavy atom. The summed E-state index contributed by atoms with van der Waals surface area (Å²) in [6.45, 7) is 0. The van der Waals surface area contributed by atoms with E-state index >= 15 is 0 Å². The van der Waals surface area contributed by atoms with Crippen LogP contribution in [0.1, 0.15) is 10.6 Å². The number of carbonyl (C=O) groups is 1. The van der Waals surface area contributed by atoms with E-state index in [1.165, 1.54) is 4.40 Å². The molecule has 0 radical (unpaired) electrons. The number of rotatable bonds is 1. The van der Waals surface area contributed by atoms with Crippen molar-refractivity contribution < 1.29 is 9.90 Å². The summed E-state index contributed by atoms with van der Waals surface area (Å²) in [5.74, 6) is -1.05. The molecule has 0 unspecified atom stereocenters. The van der Waals surface area contributed by atoms with E-state index in [4.69, 9.17) is 22.4 Å². The number of nitrogens with two attached hydrogens (primary N) is 1. The molecule has 2 heterocycles. The summed E-state index contributed by atoms with van der Waals surface area (Å²) in [6.07, 6.45) is 0. The Hall–Kier alpha value is -1.75. The van der Waals surface area contributed by atoms with Gasteiger partial charge < -0.3 is 10.8 Å². The van der Waals surface area contributed by atoms with Crippen LogP contribution in [0, 0.1) is 0 Å². The number of halogens is 1. The maximum Gasteiger partial charge on any atom is 0.372 e. The summed E-state index contributed by atoms with van der Waals surface area (Å²) in [7, 11) is 0. The van der Waals surface area contributed by atoms with Gasteiger partial charge in [-0.15, -0.1) is 0 Å². The van der Waals surface area contributed by atoms with Crippen molar-refractivity contribution in [3.8, 4) is 0 Å². The van der Waals surface area contributed by atoms with Gasteiger partial charge in [0, 0.05) is 0 Å². The molecule has 5 nitrogen and oxygen atoms in total. The predicted octanol–water partition coefficient (Wildman–Crippen LogP) is 1.27. The van der Waals surface area contributed by atoms with Crippen molar-refractivity contribution in [3.63, 3.8) is 0 Å². The molecule has 2 aromatic rings. The third kappa shape index (κ3) is 1.10. The summed E-state index contributed by atoms with van der Waals surface area (Å²) < 4.78 is 1.30.